The van der Waals surface area contributed by atoms with Crippen LogP contribution < -0.4 is 10.1 Å². The van der Waals surface area contributed by atoms with Crippen molar-refractivity contribution in [3.8, 4) is 5.75 Å². The Morgan fingerprint density at radius 3 is 2.65 bits per heavy atom. The molecule has 0 bridgehead atoms. The van der Waals surface area contributed by atoms with Gasteiger partial charge in [0.2, 0.25) is 0 Å². The standard InChI is InChI=1S/C28H36ClN5O3/c1-18(2)30-27-26-22(29)6-7-23(26)31-25(32-27)17-19-4-5-20(16-24(19)36-3)28(35)34-10-8-21(9-11-34)33-12-14-37-15-13-33/h4-6,16,18,21H,7-15,17H2,1-3H3,(H,30,31,32). The molecule has 1 aromatic heterocycles. The number of likely N-dealkylation sites (tertiary alicyclic amines) is 1. The van der Waals surface area contributed by atoms with E-state index < -0.39 is 0 Å². The number of nitrogens with one attached hydrogen (secondary N) is 1. The number of morpholine rings is 1. The van der Waals surface area contributed by atoms with Crippen LogP contribution in [-0.2, 0) is 17.6 Å². The van der Waals surface area contributed by atoms with E-state index in [1.165, 1.54) is 0 Å². The van der Waals surface area contributed by atoms with Crippen LogP contribution in [0.4, 0.5) is 5.82 Å². The van der Waals surface area contributed by atoms with Gasteiger partial charge in [-0.05, 0) is 38.8 Å². The molecule has 0 saturated carbocycles. The summed E-state index contributed by atoms with van der Waals surface area (Å²) in [7, 11) is 1.64. The van der Waals surface area contributed by atoms with Crippen LogP contribution in [0.15, 0.2) is 24.3 Å². The first kappa shape index (κ1) is 25.9. The summed E-state index contributed by atoms with van der Waals surface area (Å²) in [6.45, 7) is 9.29. The lowest BCUT2D eigenvalue weighted by molar-refractivity contribution is 0.00158. The van der Waals surface area contributed by atoms with E-state index in [0.717, 1.165) is 74.9 Å². The quantitative estimate of drug-likeness (QED) is 0.586. The highest BCUT2D eigenvalue weighted by molar-refractivity contribution is 6.49. The van der Waals surface area contributed by atoms with Gasteiger partial charge in [0.25, 0.3) is 5.91 Å². The van der Waals surface area contributed by atoms with E-state index in [4.69, 9.17) is 31.0 Å². The first-order valence-corrected chi connectivity index (χ1v) is 13.6. The molecule has 5 rings (SSSR count). The predicted octanol–water partition coefficient (Wildman–Crippen LogP) is 3.97. The minimum absolute atomic E-state index is 0.0585. The highest BCUT2D eigenvalue weighted by atomic mass is 35.5. The van der Waals surface area contributed by atoms with Gasteiger partial charge in [0.15, 0.2) is 0 Å². The Morgan fingerprint density at radius 1 is 1.19 bits per heavy atom. The van der Waals surface area contributed by atoms with Crippen molar-refractivity contribution in [3.63, 3.8) is 0 Å². The number of methoxy groups -OCH3 is 1. The highest BCUT2D eigenvalue weighted by Crippen LogP contribution is 2.35. The number of anilines is 1. The summed E-state index contributed by atoms with van der Waals surface area (Å²) < 4.78 is 11.2. The molecule has 1 amide bonds. The lowest BCUT2D eigenvalue weighted by atomic mass is 10.0. The molecular weight excluding hydrogens is 490 g/mol. The average Bonchev–Trinajstić information content (AvgIpc) is 3.29. The maximum atomic E-state index is 13.3. The molecule has 8 nitrogen and oxygen atoms in total. The molecule has 1 aliphatic carbocycles. The van der Waals surface area contributed by atoms with Gasteiger partial charge in [-0.2, -0.15) is 0 Å². The third-order valence-corrected chi connectivity index (χ3v) is 7.71. The fourth-order valence-electron chi connectivity index (χ4n) is 5.46. The van der Waals surface area contributed by atoms with Crippen LogP contribution in [0.2, 0.25) is 0 Å². The number of hydrogen-bond donors (Lipinski definition) is 1. The summed E-state index contributed by atoms with van der Waals surface area (Å²) in [5.74, 6) is 2.19. The van der Waals surface area contributed by atoms with Crippen molar-refractivity contribution in [1.29, 1.82) is 0 Å². The van der Waals surface area contributed by atoms with Gasteiger partial charge in [-0.25, -0.2) is 9.97 Å². The van der Waals surface area contributed by atoms with E-state index in [1.54, 1.807) is 7.11 Å². The second kappa shape index (κ2) is 11.4. The number of hydrogen-bond acceptors (Lipinski definition) is 7. The number of aromatic nitrogens is 2. The van der Waals surface area contributed by atoms with Crippen LogP contribution in [-0.4, -0.2) is 84.3 Å². The molecule has 3 heterocycles. The van der Waals surface area contributed by atoms with Gasteiger partial charge < -0.3 is 19.7 Å². The minimum Gasteiger partial charge on any atom is -0.496 e. The number of nitrogens with zero attached hydrogens (tertiary/aromatic N) is 4. The van der Waals surface area contributed by atoms with Gasteiger partial charge in [0.1, 0.15) is 17.4 Å². The van der Waals surface area contributed by atoms with Crippen LogP contribution in [0.25, 0.3) is 5.03 Å². The average molecular weight is 526 g/mol. The van der Waals surface area contributed by atoms with E-state index in [1.807, 2.05) is 29.2 Å². The Kier molecular flexibility index (Phi) is 7.98. The Bertz CT molecular complexity index is 1170. The summed E-state index contributed by atoms with van der Waals surface area (Å²) in [4.78, 5) is 27.4. The predicted molar refractivity (Wildman–Crippen MR) is 145 cm³/mol. The van der Waals surface area contributed by atoms with E-state index >= 15 is 0 Å². The number of rotatable bonds is 7. The fourth-order valence-corrected chi connectivity index (χ4v) is 5.73. The van der Waals surface area contributed by atoms with Crippen molar-refractivity contribution < 1.29 is 14.3 Å². The van der Waals surface area contributed by atoms with Gasteiger partial charge in [0.05, 0.1) is 31.6 Å². The van der Waals surface area contributed by atoms with E-state index in [9.17, 15) is 4.79 Å². The van der Waals surface area contributed by atoms with Gasteiger partial charge in [-0.15, -0.1) is 0 Å². The molecule has 1 aromatic carbocycles. The second-order valence-corrected chi connectivity index (χ2v) is 10.6. The van der Waals surface area contributed by atoms with Crippen molar-refractivity contribution in [3.05, 3.63) is 52.5 Å². The number of halogens is 1. The van der Waals surface area contributed by atoms with E-state index in [2.05, 4.69) is 24.1 Å². The zero-order chi connectivity index (χ0) is 25.9. The number of piperidine rings is 1. The van der Waals surface area contributed by atoms with Crippen molar-refractivity contribution in [2.75, 3.05) is 51.8 Å². The monoisotopic (exact) mass is 525 g/mol. The first-order valence-electron chi connectivity index (χ1n) is 13.2. The van der Waals surface area contributed by atoms with Crippen molar-refractivity contribution in [2.45, 2.75) is 51.6 Å². The molecule has 2 saturated heterocycles. The molecule has 2 aliphatic heterocycles. The third-order valence-electron chi connectivity index (χ3n) is 7.37. The summed E-state index contributed by atoms with van der Waals surface area (Å²) in [5, 5.41) is 4.10. The Labute approximate surface area is 224 Å². The molecule has 3 aliphatic rings. The van der Waals surface area contributed by atoms with Crippen LogP contribution in [0, 0.1) is 0 Å². The molecule has 37 heavy (non-hydrogen) atoms. The SMILES string of the molecule is COc1cc(C(=O)N2CCC(N3CCOCC3)CC2)ccc1Cc1nc2c(c(NC(C)C)n1)C(Cl)=CC2. The lowest BCUT2D eigenvalue weighted by Crippen LogP contribution is -2.50. The zero-order valence-corrected chi connectivity index (χ0v) is 22.7. The van der Waals surface area contributed by atoms with Crippen LogP contribution >= 0.6 is 11.6 Å². The van der Waals surface area contributed by atoms with Gasteiger partial charge in [0, 0.05) is 67.3 Å². The summed E-state index contributed by atoms with van der Waals surface area (Å²) in [5.41, 5.74) is 3.42. The van der Waals surface area contributed by atoms with Crippen molar-refractivity contribution in [1.82, 2.24) is 19.8 Å². The molecule has 2 aromatic rings. The van der Waals surface area contributed by atoms with Crippen molar-refractivity contribution >= 4 is 28.4 Å². The summed E-state index contributed by atoms with van der Waals surface area (Å²) in [6, 6.07) is 6.47. The Morgan fingerprint density at radius 2 is 1.95 bits per heavy atom. The number of ether oxygens (including phenoxy) is 2. The molecule has 198 valence electrons. The molecule has 9 heteroatoms. The lowest BCUT2D eigenvalue weighted by Gasteiger charge is -2.40. The summed E-state index contributed by atoms with van der Waals surface area (Å²) >= 11 is 6.43. The zero-order valence-electron chi connectivity index (χ0n) is 21.9. The number of carbonyl (C=O) groups is 1. The largest absolute Gasteiger partial charge is 0.496 e. The smallest absolute Gasteiger partial charge is 0.253 e. The van der Waals surface area contributed by atoms with Crippen LogP contribution in [0.1, 0.15) is 59.7 Å². The molecule has 1 N–H and O–H groups in total. The number of carbonyl (C=O) groups excluding carboxylic acids is 1. The van der Waals surface area contributed by atoms with Gasteiger partial charge in [-0.1, -0.05) is 23.7 Å². The van der Waals surface area contributed by atoms with Crippen LogP contribution in [0.3, 0.4) is 0 Å². The van der Waals surface area contributed by atoms with Gasteiger partial charge in [-0.3, -0.25) is 9.69 Å². The Hall–Kier alpha value is -2.68. The first-order chi connectivity index (χ1) is 17.9. The molecule has 0 radical (unpaired) electrons. The van der Waals surface area contributed by atoms with Gasteiger partial charge >= 0.3 is 0 Å². The number of allylic oxidation sites excluding steroid dienone is 1. The molecule has 0 unspecified atom stereocenters. The fraction of sp³-hybridized carbons (Fsp3) is 0.536. The summed E-state index contributed by atoms with van der Waals surface area (Å²) in [6.07, 6.45) is 5.18. The van der Waals surface area contributed by atoms with E-state index in [0.29, 0.717) is 41.1 Å². The maximum Gasteiger partial charge on any atom is 0.253 e. The molecular formula is C28H36ClN5O3. The molecule has 2 fully saturated rings. The van der Waals surface area contributed by atoms with Crippen molar-refractivity contribution in [2.24, 2.45) is 0 Å². The molecule has 0 atom stereocenters. The maximum absolute atomic E-state index is 13.3. The number of amides is 1. The number of fused-ring (bicyclic) bond motifs is 1. The normalized spacial score (nSPS) is 18.6. The third kappa shape index (κ3) is 5.76. The second-order valence-electron chi connectivity index (χ2n) is 10.2. The number of benzene rings is 1. The van der Waals surface area contributed by atoms with E-state index in [-0.39, 0.29) is 11.9 Å². The molecule has 0 spiro atoms. The topological polar surface area (TPSA) is 79.8 Å². The minimum atomic E-state index is 0.0585. The highest BCUT2D eigenvalue weighted by Gasteiger charge is 2.29. The Balaban J connectivity index is 1.28. The van der Waals surface area contributed by atoms with Crippen LogP contribution in [0.5, 0.6) is 5.75 Å².